The Morgan fingerprint density at radius 3 is 1.81 bits per heavy atom. The molecular weight excluding hydrogens is 212 g/mol. The van der Waals surface area contributed by atoms with Crippen LogP contribution in [-0.2, 0) is 0 Å². The Morgan fingerprint density at radius 1 is 0.812 bits per heavy atom. The molecule has 0 unspecified atom stereocenters. The maximum Gasteiger partial charge on any atom is -0.00663 e. The molecular formula is C15H30S. The highest BCUT2D eigenvalue weighted by Crippen LogP contribution is 2.24. The van der Waals surface area contributed by atoms with Gasteiger partial charge >= 0.3 is 0 Å². The fraction of sp³-hybridized carbons (Fsp3) is 0.933. The summed E-state index contributed by atoms with van der Waals surface area (Å²) in [5.41, 5.74) is 0.856. The Morgan fingerprint density at radius 2 is 1.38 bits per heavy atom. The van der Waals surface area contributed by atoms with Crippen LogP contribution in [-0.4, -0.2) is 4.86 Å². The van der Waals surface area contributed by atoms with E-state index in [4.69, 9.17) is 12.2 Å². The summed E-state index contributed by atoms with van der Waals surface area (Å²) in [6.07, 6.45) is 7.55. The van der Waals surface area contributed by atoms with Crippen LogP contribution >= 0.6 is 12.2 Å². The summed E-state index contributed by atoms with van der Waals surface area (Å²) in [5, 5.41) is 0. The fourth-order valence-electron chi connectivity index (χ4n) is 1.83. The third-order valence-corrected chi connectivity index (χ3v) is 2.96. The number of rotatable bonds is 6. The first-order valence-electron chi connectivity index (χ1n) is 6.62. The van der Waals surface area contributed by atoms with Crippen molar-refractivity contribution in [2.45, 2.75) is 80.1 Å². The van der Waals surface area contributed by atoms with Crippen LogP contribution in [0.3, 0.4) is 0 Å². The SMILES string of the molecule is CC(C)(C)CCCCCC(=S)CC(C)(C)C. The van der Waals surface area contributed by atoms with Crippen molar-refractivity contribution in [3.05, 3.63) is 0 Å². The van der Waals surface area contributed by atoms with E-state index in [0.29, 0.717) is 10.8 Å². The maximum absolute atomic E-state index is 5.43. The monoisotopic (exact) mass is 242 g/mol. The van der Waals surface area contributed by atoms with Gasteiger partial charge in [-0.3, -0.25) is 0 Å². The van der Waals surface area contributed by atoms with Crippen LogP contribution in [0, 0.1) is 10.8 Å². The molecule has 0 radical (unpaired) electrons. The van der Waals surface area contributed by atoms with E-state index < -0.39 is 0 Å². The summed E-state index contributed by atoms with van der Waals surface area (Å²) < 4.78 is 0. The molecule has 0 N–H and O–H groups in total. The Bertz CT molecular complexity index is 202. The van der Waals surface area contributed by atoms with Crippen molar-refractivity contribution < 1.29 is 0 Å². The van der Waals surface area contributed by atoms with E-state index in [-0.39, 0.29) is 0 Å². The molecule has 0 heterocycles. The lowest BCUT2D eigenvalue weighted by Crippen LogP contribution is -2.11. The standard InChI is InChI=1S/C15H30S/c1-14(2,3)11-9-7-8-10-13(16)12-15(4,5)6/h7-12H2,1-6H3. The second-order valence-corrected chi connectivity index (χ2v) is 7.97. The van der Waals surface area contributed by atoms with Gasteiger partial charge < -0.3 is 0 Å². The average Bonchev–Trinajstić information content (AvgIpc) is 1.97. The second-order valence-electron chi connectivity index (χ2n) is 7.40. The van der Waals surface area contributed by atoms with Crippen molar-refractivity contribution in [1.82, 2.24) is 0 Å². The van der Waals surface area contributed by atoms with Crippen LogP contribution in [0.15, 0.2) is 0 Å². The summed E-state index contributed by atoms with van der Waals surface area (Å²) in [6.45, 7) is 13.7. The third-order valence-electron chi connectivity index (χ3n) is 2.61. The molecule has 0 spiro atoms. The molecule has 0 aliphatic rings. The van der Waals surface area contributed by atoms with Gasteiger partial charge in [-0.25, -0.2) is 0 Å². The van der Waals surface area contributed by atoms with Crippen LogP contribution in [0.1, 0.15) is 80.1 Å². The van der Waals surface area contributed by atoms with Gasteiger partial charge in [0, 0.05) is 0 Å². The van der Waals surface area contributed by atoms with Gasteiger partial charge in [-0.05, 0) is 41.4 Å². The first-order chi connectivity index (χ1) is 7.10. The fourth-order valence-corrected chi connectivity index (χ4v) is 2.41. The van der Waals surface area contributed by atoms with Crippen molar-refractivity contribution in [1.29, 1.82) is 0 Å². The molecule has 0 atom stereocenters. The molecule has 0 saturated heterocycles. The average molecular weight is 242 g/mol. The van der Waals surface area contributed by atoms with E-state index in [1.807, 2.05) is 0 Å². The van der Waals surface area contributed by atoms with Crippen LogP contribution in [0.5, 0.6) is 0 Å². The lowest BCUT2D eigenvalue weighted by molar-refractivity contribution is 0.358. The van der Waals surface area contributed by atoms with E-state index in [2.05, 4.69) is 41.5 Å². The summed E-state index contributed by atoms with van der Waals surface area (Å²) >= 11 is 5.43. The van der Waals surface area contributed by atoms with Crippen molar-refractivity contribution >= 4 is 17.1 Å². The van der Waals surface area contributed by atoms with Crippen molar-refractivity contribution in [3.63, 3.8) is 0 Å². The first kappa shape index (κ1) is 16.1. The van der Waals surface area contributed by atoms with Crippen LogP contribution in [0.2, 0.25) is 0 Å². The summed E-state index contributed by atoms with van der Waals surface area (Å²) in [7, 11) is 0. The molecule has 0 nitrogen and oxygen atoms in total. The van der Waals surface area contributed by atoms with E-state index in [9.17, 15) is 0 Å². The van der Waals surface area contributed by atoms with Gasteiger partial charge in [0.15, 0.2) is 0 Å². The first-order valence-corrected chi connectivity index (χ1v) is 7.03. The second kappa shape index (κ2) is 6.74. The van der Waals surface area contributed by atoms with E-state index in [0.717, 1.165) is 12.8 Å². The summed E-state index contributed by atoms with van der Waals surface area (Å²) in [4.78, 5) is 1.27. The van der Waals surface area contributed by atoms with Crippen LogP contribution in [0.25, 0.3) is 0 Å². The minimum absolute atomic E-state index is 0.364. The third kappa shape index (κ3) is 12.2. The molecule has 1 heteroatoms. The number of thiocarbonyl (C=S) groups is 1. The molecule has 0 bridgehead atoms. The Kier molecular flexibility index (Phi) is 6.77. The molecule has 0 saturated carbocycles. The van der Waals surface area contributed by atoms with Crippen molar-refractivity contribution in [2.75, 3.05) is 0 Å². The molecule has 0 rings (SSSR count). The van der Waals surface area contributed by atoms with Gasteiger partial charge in [-0.2, -0.15) is 0 Å². The zero-order chi connectivity index (χ0) is 12.8. The predicted molar refractivity (Wildman–Crippen MR) is 79.2 cm³/mol. The topological polar surface area (TPSA) is 0 Å². The smallest absolute Gasteiger partial charge is 0.00663 e. The van der Waals surface area contributed by atoms with Gasteiger partial charge in [-0.1, -0.05) is 66.6 Å². The quantitative estimate of drug-likeness (QED) is 0.419. The number of unbranched alkanes of at least 4 members (excludes halogenated alkanes) is 2. The normalized spacial score (nSPS) is 12.9. The van der Waals surface area contributed by atoms with Crippen LogP contribution in [0.4, 0.5) is 0 Å². The van der Waals surface area contributed by atoms with Gasteiger partial charge in [-0.15, -0.1) is 0 Å². The lowest BCUT2D eigenvalue weighted by Gasteiger charge is -2.19. The van der Waals surface area contributed by atoms with E-state index in [1.165, 1.54) is 30.5 Å². The van der Waals surface area contributed by atoms with Crippen LogP contribution < -0.4 is 0 Å². The maximum atomic E-state index is 5.43. The molecule has 0 aromatic carbocycles. The molecule has 0 fully saturated rings. The highest BCUT2D eigenvalue weighted by molar-refractivity contribution is 7.80. The molecule has 0 aliphatic carbocycles. The number of hydrogen-bond acceptors (Lipinski definition) is 1. The Hall–Kier alpha value is 0.0900. The minimum atomic E-state index is 0.364. The lowest BCUT2D eigenvalue weighted by atomic mass is 9.88. The van der Waals surface area contributed by atoms with Crippen molar-refractivity contribution in [3.8, 4) is 0 Å². The zero-order valence-electron chi connectivity index (χ0n) is 12.2. The minimum Gasteiger partial charge on any atom is -0.0897 e. The molecule has 96 valence electrons. The zero-order valence-corrected chi connectivity index (χ0v) is 13.0. The molecule has 0 aromatic rings. The summed E-state index contributed by atoms with van der Waals surface area (Å²) in [6, 6.07) is 0. The van der Waals surface area contributed by atoms with Crippen molar-refractivity contribution in [2.24, 2.45) is 10.8 Å². The predicted octanol–water partition coefficient (Wildman–Crippen LogP) is 5.79. The Balaban J connectivity index is 3.50. The molecule has 0 aliphatic heterocycles. The molecule has 16 heavy (non-hydrogen) atoms. The Labute approximate surface area is 108 Å². The highest BCUT2D eigenvalue weighted by Gasteiger charge is 2.13. The van der Waals surface area contributed by atoms with Gasteiger partial charge in [0.25, 0.3) is 0 Å². The molecule has 0 amide bonds. The van der Waals surface area contributed by atoms with Gasteiger partial charge in [0.05, 0.1) is 0 Å². The van der Waals surface area contributed by atoms with Gasteiger partial charge in [0.2, 0.25) is 0 Å². The van der Waals surface area contributed by atoms with E-state index in [1.54, 1.807) is 0 Å². The summed E-state index contributed by atoms with van der Waals surface area (Å²) in [5.74, 6) is 0. The molecule has 0 aromatic heterocycles. The largest absolute Gasteiger partial charge is 0.0897 e. The van der Waals surface area contributed by atoms with E-state index >= 15 is 0 Å². The highest BCUT2D eigenvalue weighted by atomic mass is 32.1. The number of hydrogen-bond donors (Lipinski definition) is 0. The van der Waals surface area contributed by atoms with Gasteiger partial charge in [0.1, 0.15) is 0 Å².